The Morgan fingerprint density at radius 1 is 1.71 bits per heavy atom. The van der Waals surface area contributed by atoms with Crippen LogP contribution in [-0.4, -0.2) is 40.2 Å². The van der Waals surface area contributed by atoms with Gasteiger partial charge in [-0.05, 0) is 19.2 Å². The molecule has 6 heteroatoms. The maximum atomic E-state index is 11.1. The number of carbonyl (C=O) groups is 1. The van der Waals surface area contributed by atoms with Gasteiger partial charge in [-0.2, -0.15) is 11.8 Å². The van der Waals surface area contributed by atoms with Crippen molar-refractivity contribution in [1.82, 2.24) is 4.98 Å². The SMILES string of the molecule is CSCC(C)(O)CNc1ccncc1C(N)=O. The van der Waals surface area contributed by atoms with Gasteiger partial charge in [0.2, 0.25) is 0 Å². The van der Waals surface area contributed by atoms with Crippen LogP contribution in [-0.2, 0) is 0 Å². The van der Waals surface area contributed by atoms with Gasteiger partial charge in [0.25, 0.3) is 5.91 Å². The average molecular weight is 255 g/mol. The van der Waals surface area contributed by atoms with E-state index in [2.05, 4.69) is 10.3 Å². The number of hydrogen-bond acceptors (Lipinski definition) is 5. The molecule has 5 nitrogen and oxygen atoms in total. The van der Waals surface area contributed by atoms with Gasteiger partial charge in [-0.15, -0.1) is 0 Å². The van der Waals surface area contributed by atoms with Crippen molar-refractivity contribution < 1.29 is 9.90 Å². The standard InChI is InChI=1S/C11H17N3O2S/c1-11(16,7-17-2)6-14-9-3-4-13-5-8(9)10(12)15/h3-5,16H,6-7H2,1-2H3,(H2,12,15)(H,13,14). The smallest absolute Gasteiger partial charge is 0.252 e. The minimum absolute atomic E-state index is 0.326. The first kappa shape index (κ1) is 13.8. The largest absolute Gasteiger partial charge is 0.387 e. The highest BCUT2D eigenvalue weighted by Crippen LogP contribution is 2.16. The van der Waals surface area contributed by atoms with Crippen LogP contribution in [0.5, 0.6) is 0 Å². The first-order chi connectivity index (χ1) is 7.96. The molecule has 0 aliphatic heterocycles. The second kappa shape index (κ2) is 5.88. The fraction of sp³-hybridized carbons (Fsp3) is 0.455. The normalized spacial score (nSPS) is 14.1. The molecular formula is C11H17N3O2S. The van der Waals surface area contributed by atoms with E-state index in [-0.39, 0.29) is 0 Å². The van der Waals surface area contributed by atoms with E-state index >= 15 is 0 Å². The van der Waals surface area contributed by atoms with Crippen LogP contribution in [0.15, 0.2) is 18.5 Å². The monoisotopic (exact) mass is 255 g/mol. The zero-order chi connectivity index (χ0) is 12.9. The van der Waals surface area contributed by atoms with E-state index < -0.39 is 11.5 Å². The van der Waals surface area contributed by atoms with E-state index in [9.17, 15) is 9.90 Å². The molecule has 0 fully saturated rings. The summed E-state index contributed by atoms with van der Waals surface area (Å²) in [7, 11) is 0. The summed E-state index contributed by atoms with van der Waals surface area (Å²) in [5, 5.41) is 13.0. The van der Waals surface area contributed by atoms with Gasteiger partial charge in [-0.1, -0.05) is 0 Å². The molecule has 1 amide bonds. The minimum Gasteiger partial charge on any atom is -0.387 e. The number of carbonyl (C=O) groups excluding carboxylic acids is 1. The average Bonchev–Trinajstić information content (AvgIpc) is 2.27. The van der Waals surface area contributed by atoms with Crippen molar-refractivity contribution in [2.24, 2.45) is 5.73 Å². The van der Waals surface area contributed by atoms with Gasteiger partial charge in [0.05, 0.1) is 16.9 Å². The lowest BCUT2D eigenvalue weighted by Crippen LogP contribution is -2.36. The quantitative estimate of drug-likeness (QED) is 0.696. The Hall–Kier alpha value is -1.27. The highest BCUT2D eigenvalue weighted by atomic mass is 32.2. The van der Waals surface area contributed by atoms with Crippen LogP contribution in [0.1, 0.15) is 17.3 Å². The number of nitrogens with one attached hydrogen (secondary N) is 1. The molecule has 0 saturated carbocycles. The van der Waals surface area contributed by atoms with Gasteiger partial charge >= 0.3 is 0 Å². The van der Waals surface area contributed by atoms with Gasteiger partial charge in [-0.25, -0.2) is 0 Å². The Balaban J connectivity index is 2.72. The Morgan fingerprint density at radius 2 is 2.41 bits per heavy atom. The lowest BCUT2D eigenvalue weighted by molar-refractivity contribution is 0.0980. The zero-order valence-electron chi connectivity index (χ0n) is 9.93. The molecule has 1 atom stereocenters. The Bertz CT molecular complexity index is 396. The Morgan fingerprint density at radius 3 is 3.00 bits per heavy atom. The summed E-state index contributed by atoms with van der Waals surface area (Å²) < 4.78 is 0. The minimum atomic E-state index is -0.836. The topological polar surface area (TPSA) is 88.2 Å². The van der Waals surface area contributed by atoms with E-state index in [4.69, 9.17) is 5.73 Å². The first-order valence-electron chi connectivity index (χ1n) is 5.15. The van der Waals surface area contributed by atoms with E-state index in [1.54, 1.807) is 30.9 Å². The van der Waals surface area contributed by atoms with Crippen LogP contribution < -0.4 is 11.1 Å². The molecule has 4 N–H and O–H groups in total. The molecule has 0 aliphatic carbocycles. The van der Waals surface area contributed by atoms with Crippen LogP contribution in [0.25, 0.3) is 0 Å². The summed E-state index contributed by atoms with van der Waals surface area (Å²) in [4.78, 5) is 15.0. The lowest BCUT2D eigenvalue weighted by Gasteiger charge is -2.23. The molecule has 1 aromatic heterocycles. The van der Waals surface area contributed by atoms with Crippen LogP contribution in [0.2, 0.25) is 0 Å². The van der Waals surface area contributed by atoms with Gasteiger partial charge in [0.1, 0.15) is 0 Å². The van der Waals surface area contributed by atoms with E-state index in [0.29, 0.717) is 23.5 Å². The van der Waals surface area contributed by atoms with Crippen molar-refractivity contribution in [3.8, 4) is 0 Å². The molecule has 0 aliphatic rings. The van der Waals surface area contributed by atoms with E-state index in [1.165, 1.54) is 6.20 Å². The molecule has 1 unspecified atom stereocenters. The summed E-state index contributed by atoms with van der Waals surface area (Å²) in [6.07, 6.45) is 4.90. The molecule has 0 radical (unpaired) electrons. The van der Waals surface area contributed by atoms with Gasteiger partial charge < -0.3 is 16.2 Å². The molecular weight excluding hydrogens is 238 g/mol. The number of nitrogens with zero attached hydrogens (tertiary/aromatic N) is 1. The molecule has 0 bridgehead atoms. The predicted octanol–water partition coefficient (Wildman–Crippen LogP) is 0.706. The second-order valence-corrected chi connectivity index (χ2v) is 4.94. The summed E-state index contributed by atoms with van der Waals surface area (Å²) in [6, 6.07) is 1.66. The first-order valence-corrected chi connectivity index (χ1v) is 6.54. The summed E-state index contributed by atoms with van der Waals surface area (Å²) >= 11 is 1.56. The number of pyridine rings is 1. The maximum Gasteiger partial charge on any atom is 0.252 e. The lowest BCUT2D eigenvalue weighted by atomic mass is 10.1. The molecule has 94 valence electrons. The third-order valence-electron chi connectivity index (χ3n) is 2.20. The highest BCUT2D eigenvalue weighted by Gasteiger charge is 2.20. The number of aromatic nitrogens is 1. The number of rotatable bonds is 6. The molecule has 1 aromatic rings. The Kier molecular flexibility index (Phi) is 4.77. The second-order valence-electron chi connectivity index (χ2n) is 4.07. The van der Waals surface area contributed by atoms with Gasteiger partial charge in [-0.3, -0.25) is 9.78 Å². The predicted molar refractivity (Wildman–Crippen MR) is 70.3 cm³/mol. The van der Waals surface area contributed by atoms with Crippen molar-refractivity contribution in [1.29, 1.82) is 0 Å². The molecule has 0 spiro atoms. The van der Waals surface area contributed by atoms with Crippen LogP contribution >= 0.6 is 11.8 Å². The van der Waals surface area contributed by atoms with Crippen molar-refractivity contribution in [3.05, 3.63) is 24.0 Å². The highest BCUT2D eigenvalue weighted by molar-refractivity contribution is 7.98. The molecule has 1 heterocycles. The van der Waals surface area contributed by atoms with Crippen LogP contribution in [0.4, 0.5) is 5.69 Å². The summed E-state index contributed by atoms with van der Waals surface area (Å²) in [6.45, 7) is 2.08. The van der Waals surface area contributed by atoms with Crippen molar-refractivity contribution in [3.63, 3.8) is 0 Å². The third kappa shape index (κ3) is 4.24. The number of nitrogens with two attached hydrogens (primary N) is 1. The summed E-state index contributed by atoms with van der Waals surface area (Å²) in [5.41, 5.74) is 5.31. The number of hydrogen-bond donors (Lipinski definition) is 3. The van der Waals surface area contributed by atoms with Gasteiger partial charge in [0.15, 0.2) is 0 Å². The number of amides is 1. The molecule has 0 aromatic carbocycles. The van der Waals surface area contributed by atoms with Crippen molar-refractivity contribution in [2.45, 2.75) is 12.5 Å². The van der Waals surface area contributed by atoms with Crippen molar-refractivity contribution >= 4 is 23.4 Å². The molecule has 0 saturated heterocycles. The molecule has 17 heavy (non-hydrogen) atoms. The van der Waals surface area contributed by atoms with E-state index in [0.717, 1.165) is 0 Å². The fourth-order valence-corrected chi connectivity index (χ4v) is 2.12. The van der Waals surface area contributed by atoms with Crippen LogP contribution in [0.3, 0.4) is 0 Å². The van der Waals surface area contributed by atoms with Crippen molar-refractivity contribution in [2.75, 3.05) is 23.9 Å². The van der Waals surface area contributed by atoms with Gasteiger partial charge in [0, 0.05) is 24.7 Å². The third-order valence-corrected chi connectivity index (χ3v) is 3.11. The Labute approximate surface area is 105 Å². The van der Waals surface area contributed by atoms with E-state index in [1.807, 2.05) is 6.26 Å². The number of thioether (sulfide) groups is 1. The molecule has 1 rings (SSSR count). The maximum absolute atomic E-state index is 11.1. The van der Waals surface area contributed by atoms with Crippen LogP contribution in [0, 0.1) is 0 Å². The fourth-order valence-electron chi connectivity index (χ4n) is 1.39. The number of primary amides is 1. The zero-order valence-corrected chi connectivity index (χ0v) is 10.8. The summed E-state index contributed by atoms with van der Waals surface area (Å²) in [5.74, 6) is 0.0712. The number of aliphatic hydroxyl groups is 1. The number of anilines is 1.